The van der Waals surface area contributed by atoms with Crippen LogP contribution < -0.4 is 21.7 Å². The Balaban J connectivity index is 2.08. The molecule has 4 unspecified atom stereocenters. The number of aromatic hydroxyl groups is 1. The summed E-state index contributed by atoms with van der Waals surface area (Å²) in [7, 11) is 0. The molecule has 37 heavy (non-hydrogen) atoms. The van der Waals surface area contributed by atoms with Crippen molar-refractivity contribution >= 4 is 35.5 Å². The van der Waals surface area contributed by atoms with E-state index in [1.54, 1.807) is 12.1 Å². The number of phenols is 1. The molecular weight excluding hydrogens is 496 g/mol. The van der Waals surface area contributed by atoms with Crippen LogP contribution in [0.4, 0.5) is 0 Å². The number of hydrogen-bond acceptors (Lipinski definition) is 7. The van der Waals surface area contributed by atoms with Crippen molar-refractivity contribution in [1.29, 1.82) is 0 Å². The minimum atomic E-state index is -1.18. The number of carbonyl (C=O) groups is 4. The van der Waals surface area contributed by atoms with Gasteiger partial charge in [-0.1, -0.05) is 42.5 Å². The number of amides is 3. The molecule has 0 fully saturated rings. The van der Waals surface area contributed by atoms with Crippen LogP contribution in [0.3, 0.4) is 0 Å². The molecule has 200 valence electrons. The van der Waals surface area contributed by atoms with Gasteiger partial charge >= 0.3 is 5.97 Å². The zero-order valence-electron chi connectivity index (χ0n) is 20.8. The topological polar surface area (TPSA) is 171 Å². The van der Waals surface area contributed by atoms with Crippen molar-refractivity contribution in [3.8, 4) is 5.75 Å². The zero-order valence-corrected chi connectivity index (χ0v) is 21.7. The molecule has 7 N–H and O–H groups in total. The lowest BCUT2D eigenvalue weighted by Crippen LogP contribution is -2.57. The molecule has 0 aliphatic rings. The lowest BCUT2D eigenvalue weighted by Gasteiger charge is -2.24. The highest BCUT2D eigenvalue weighted by molar-refractivity contribution is 7.98. The van der Waals surface area contributed by atoms with Crippen LogP contribution in [0, 0.1) is 0 Å². The zero-order chi connectivity index (χ0) is 27.4. The van der Waals surface area contributed by atoms with E-state index in [9.17, 15) is 29.4 Å². The number of carbonyl (C=O) groups excluding carboxylic acids is 3. The Kier molecular flexibility index (Phi) is 11.9. The third-order valence-corrected chi connectivity index (χ3v) is 6.27. The molecule has 2 aromatic rings. The second kappa shape index (κ2) is 14.9. The van der Waals surface area contributed by atoms with Crippen molar-refractivity contribution < 1.29 is 29.4 Å². The fourth-order valence-electron chi connectivity index (χ4n) is 3.49. The summed E-state index contributed by atoms with van der Waals surface area (Å²) in [5.74, 6) is -2.43. The predicted octanol–water partition coefficient (Wildman–Crippen LogP) is 0.817. The summed E-state index contributed by atoms with van der Waals surface area (Å²) < 4.78 is 0. The van der Waals surface area contributed by atoms with Gasteiger partial charge in [0.25, 0.3) is 0 Å². The Morgan fingerprint density at radius 3 is 2.03 bits per heavy atom. The highest BCUT2D eigenvalue weighted by Gasteiger charge is 2.29. The molecule has 0 heterocycles. The fraction of sp³-hybridized carbons (Fsp3) is 0.385. The maximum atomic E-state index is 13.0. The highest BCUT2D eigenvalue weighted by atomic mass is 32.2. The van der Waals surface area contributed by atoms with E-state index >= 15 is 0 Å². The average molecular weight is 531 g/mol. The normalized spacial score (nSPS) is 14.0. The Hall–Kier alpha value is -3.57. The number of thioether (sulfide) groups is 1. The van der Waals surface area contributed by atoms with Gasteiger partial charge in [-0.2, -0.15) is 11.8 Å². The largest absolute Gasteiger partial charge is 0.508 e. The molecule has 0 saturated carbocycles. The summed E-state index contributed by atoms with van der Waals surface area (Å²) in [6.45, 7) is 1.47. The summed E-state index contributed by atoms with van der Waals surface area (Å²) in [4.78, 5) is 50.1. The van der Waals surface area contributed by atoms with Crippen molar-refractivity contribution in [3.63, 3.8) is 0 Å². The second-order valence-electron chi connectivity index (χ2n) is 8.64. The van der Waals surface area contributed by atoms with Crippen LogP contribution in [0.2, 0.25) is 0 Å². The number of nitrogens with one attached hydrogen (secondary N) is 3. The number of phenolic OH excluding ortho intramolecular Hbond substituents is 1. The van der Waals surface area contributed by atoms with Gasteiger partial charge in [0.05, 0.1) is 6.04 Å². The van der Waals surface area contributed by atoms with Crippen LogP contribution in [0.5, 0.6) is 5.75 Å². The predicted molar refractivity (Wildman–Crippen MR) is 142 cm³/mol. The van der Waals surface area contributed by atoms with Crippen molar-refractivity contribution in [2.45, 2.75) is 50.4 Å². The summed E-state index contributed by atoms with van der Waals surface area (Å²) in [6, 6.07) is 11.2. The molecule has 0 saturated heterocycles. The quantitative estimate of drug-likeness (QED) is 0.208. The molecular formula is C26H34N4O6S. The van der Waals surface area contributed by atoms with Crippen LogP contribution >= 0.6 is 11.8 Å². The summed E-state index contributed by atoms with van der Waals surface area (Å²) >= 11 is 1.45. The molecule has 0 aliphatic carbocycles. The van der Waals surface area contributed by atoms with Gasteiger partial charge in [-0.05, 0) is 55.0 Å². The van der Waals surface area contributed by atoms with E-state index in [0.29, 0.717) is 17.7 Å². The number of carboxylic acids is 1. The van der Waals surface area contributed by atoms with Gasteiger partial charge in [0.2, 0.25) is 17.7 Å². The number of rotatable bonds is 14. The van der Waals surface area contributed by atoms with E-state index in [0.717, 1.165) is 5.56 Å². The van der Waals surface area contributed by atoms with Crippen LogP contribution in [0.25, 0.3) is 0 Å². The van der Waals surface area contributed by atoms with Crippen LogP contribution in [0.1, 0.15) is 24.5 Å². The molecule has 0 aromatic heterocycles. The standard InChI is InChI=1S/C26H34N4O6S/c1-16(28-24(33)20(27)14-17-6-4-3-5-7-17)23(32)30-22(15-18-8-10-19(31)11-9-18)25(34)29-21(26(35)36)12-13-37-2/h3-11,16,20-22,31H,12-15,27H2,1-2H3,(H,28,33)(H,29,34)(H,30,32)(H,35,36). The summed E-state index contributed by atoms with van der Waals surface area (Å²) in [5.41, 5.74) is 7.51. The summed E-state index contributed by atoms with van der Waals surface area (Å²) in [5, 5.41) is 26.7. The fourth-order valence-corrected chi connectivity index (χ4v) is 3.96. The number of hydrogen-bond donors (Lipinski definition) is 6. The first-order valence-electron chi connectivity index (χ1n) is 11.8. The molecule has 10 nitrogen and oxygen atoms in total. The SMILES string of the molecule is CSCCC(NC(=O)C(Cc1ccc(O)cc1)NC(=O)C(C)NC(=O)C(N)Cc1ccccc1)C(=O)O. The van der Waals surface area contributed by atoms with E-state index in [4.69, 9.17) is 5.73 Å². The van der Waals surface area contributed by atoms with Gasteiger partial charge in [0.1, 0.15) is 23.9 Å². The molecule has 0 bridgehead atoms. The van der Waals surface area contributed by atoms with Crippen molar-refractivity contribution in [2.75, 3.05) is 12.0 Å². The van der Waals surface area contributed by atoms with Gasteiger partial charge in [-0.3, -0.25) is 14.4 Å². The molecule has 4 atom stereocenters. The highest BCUT2D eigenvalue weighted by Crippen LogP contribution is 2.12. The van der Waals surface area contributed by atoms with Gasteiger partial charge in [0, 0.05) is 6.42 Å². The number of benzene rings is 2. The maximum Gasteiger partial charge on any atom is 0.326 e. The Morgan fingerprint density at radius 1 is 0.838 bits per heavy atom. The van der Waals surface area contributed by atoms with Crippen molar-refractivity contribution in [3.05, 3.63) is 65.7 Å². The smallest absolute Gasteiger partial charge is 0.326 e. The van der Waals surface area contributed by atoms with E-state index in [2.05, 4.69) is 16.0 Å². The first-order valence-corrected chi connectivity index (χ1v) is 13.2. The van der Waals surface area contributed by atoms with Crippen LogP contribution in [0.15, 0.2) is 54.6 Å². The Morgan fingerprint density at radius 2 is 1.43 bits per heavy atom. The van der Waals surface area contributed by atoms with Gasteiger partial charge < -0.3 is 31.9 Å². The van der Waals surface area contributed by atoms with E-state index in [1.807, 2.05) is 36.6 Å². The Labute approximate surface area is 220 Å². The molecule has 0 aliphatic heterocycles. The first kappa shape index (κ1) is 29.7. The number of nitrogens with two attached hydrogens (primary N) is 1. The monoisotopic (exact) mass is 530 g/mol. The molecule has 3 amide bonds. The number of aliphatic carboxylic acids is 1. The van der Waals surface area contributed by atoms with E-state index in [1.165, 1.54) is 30.8 Å². The maximum absolute atomic E-state index is 13.0. The lowest BCUT2D eigenvalue weighted by atomic mass is 10.0. The van der Waals surface area contributed by atoms with Gasteiger partial charge in [-0.15, -0.1) is 0 Å². The Bertz CT molecular complexity index is 1050. The molecule has 2 rings (SSSR count). The number of carboxylic acid groups (broad SMARTS) is 1. The first-order chi connectivity index (χ1) is 17.6. The van der Waals surface area contributed by atoms with Crippen molar-refractivity contribution in [1.82, 2.24) is 16.0 Å². The molecule has 0 spiro atoms. The summed E-state index contributed by atoms with van der Waals surface area (Å²) in [6.07, 6.45) is 2.38. The van der Waals surface area contributed by atoms with E-state index < -0.39 is 47.9 Å². The molecule has 0 radical (unpaired) electrons. The second-order valence-corrected chi connectivity index (χ2v) is 9.62. The van der Waals surface area contributed by atoms with Crippen molar-refractivity contribution in [2.24, 2.45) is 5.73 Å². The molecule has 2 aromatic carbocycles. The third kappa shape index (κ3) is 10.1. The van der Waals surface area contributed by atoms with E-state index in [-0.39, 0.29) is 18.6 Å². The van der Waals surface area contributed by atoms with Gasteiger partial charge in [0.15, 0.2) is 0 Å². The lowest BCUT2D eigenvalue weighted by molar-refractivity contribution is -0.142. The average Bonchev–Trinajstić information content (AvgIpc) is 2.87. The van der Waals surface area contributed by atoms with Gasteiger partial charge in [-0.25, -0.2) is 4.79 Å². The minimum Gasteiger partial charge on any atom is -0.508 e. The van der Waals surface area contributed by atoms with Crippen LogP contribution in [-0.2, 0) is 32.0 Å². The molecule has 11 heteroatoms. The van der Waals surface area contributed by atoms with Crippen LogP contribution in [-0.4, -0.2) is 70.1 Å². The minimum absolute atomic E-state index is 0.0416. The third-order valence-electron chi connectivity index (χ3n) is 5.62.